The maximum absolute atomic E-state index is 12.6. The van der Waals surface area contributed by atoms with E-state index >= 15 is 0 Å². The van der Waals surface area contributed by atoms with Crippen molar-refractivity contribution < 1.29 is 18.9 Å². The molecule has 30 heavy (non-hydrogen) atoms. The number of halogens is 2. The molecule has 1 aliphatic rings. The summed E-state index contributed by atoms with van der Waals surface area (Å²) < 4.78 is 5.10. The molecule has 2 aromatic rings. The minimum absolute atomic E-state index is 0.0659. The van der Waals surface area contributed by atoms with E-state index in [1.807, 2.05) is 0 Å². The molecule has 2 heterocycles. The molecule has 0 radical (unpaired) electrons. The Hall–Kier alpha value is -2.29. The van der Waals surface area contributed by atoms with Crippen LogP contribution < -0.4 is 5.32 Å². The van der Waals surface area contributed by atoms with E-state index in [9.17, 15) is 14.4 Å². The quantitative estimate of drug-likeness (QED) is 0.626. The Morgan fingerprint density at radius 1 is 1.33 bits per heavy atom. The Morgan fingerprint density at radius 2 is 2.07 bits per heavy atom. The Balaban J connectivity index is 1.61. The van der Waals surface area contributed by atoms with Gasteiger partial charge >= 0.3 is 0 Å². The maximum Gasteiger partial charge on any atom is 0.293 e. The van der Waals surface area contributed by atoms with Crippen LogP contribution in [0.4, 0.5) is 4.79 Å². The highest BCUT2D eigenvalue weighted by Gasteiger charge is 2.35. The van der Waals surface area contributed by atoms with Crippen molar-refractivity contribution in [2.45, 2.75) is 26.7 Å². The number of hydrogen-bond donors (Lipinski definition) is 1. The number of aryl methyl sites for hydroxylation is 2. The van der Waals surface area contributed by atoms with Gasteiger partial charge in [-0.05, 0) is 56.3 Å². The first-order chi connectivity index (χ1) is 14.2. The summed E-state index contributed by atoms with van der Waals surface area (Å²) in [5.74, 6) is -0.533. The van der Waals surface area contributed by atoms with Gasteiger partial charge in [0, 0.05) is 28.7 Å². The van der Waals surface area contributed by atoms with Crippen LogP contribution in [0.5, 0.6) is 0 Å². The monoisotopic (exact) mass is 467 g/mol. The van der Waals surface area contributed by atoms with Gasteiger partial charge in [0.05, 0.1) is 16.5 Å². The van der Waals surface area contributed by atoms with Gasteiger partial charge in [-0.3, -0.25) is 19.3 Å². The SMILES string of the molecule is Cc1noc(C)c1C(C)C(=O)NCCN1C(=O)S/C(=C\c2ccc(Cl)cc2Cl)C1=O. The first-order valence-corrected chi connectivity index (χ1v) is 10.7. The van der Waals surface area contributed by atoms with Crippen LogP contribution in [0, 0.1) is 13.8 Å². The van der Waals surface area contributed by atoms with E-state index in [1.165, 1.54) is 0 Å². The second-order valence-electron chi connectivity index (χ2n) is 6.75. The number of thioether (sulfide) groups is 1. The molecule has 0 aliphatic carbocycles. The maximum atomic E-state index is 12.6. The number of nitrogens with one attached hydrogen (secondary N) is 1. The number of carbonyl (C=O) groups excluding carboxylic acids is 3. The lowest BCUT2D eigenvalue weighted by atomic mass is 9.99. The van der Waals surface area contributed by atoms with Crippen molar-refractivity contribution in [3.8, 4) is 0 Å². The number of hydrogen-bond acceptors (Lipinski definition) is 6. The van der Waals surface area contributed by atoms with Crippen LogP contribution in [-0.2, 0) is 9.59 Å². The normalized spacial score (nSPS) is 16.4. The van der Waals surface area contributed by atoms with Crippen LogP contribution in [-0.4, -0.2) is 40.2 Å². The second-order valence-corrected chi connectivity index (χ2v) is 8.59. The highest BCUT2D eigenvalue weighted by molar-refractivity contribution is 8.18. The summed E-state index contributed by atoms with van der Waals surface area (Å²) in [6, 6.07) is 4.89. The molecule has 1 fully saturated rings. The molecule has 7 nitrogen and oxygen atoms in total. The van der Waals surface area contributed by atoms with Gasteiger partial charge in [-0.25, -0.2) is 0 Å². The number of aromatic nitrogens is 1. The number of imide groups is 1. The Morgan fingerprint density at radius 3 is 2.70 bits per heavy atom. The number of rotatable bonds is 6. The first kappa shape index (κ1) is 22.4. The molecule has 10 heteroatoms. The summed E-state index contributed by atoms with van der Waals surface area (Å²) >= 11 is 12.8. The van der Waals surface area contributed by atoms with Gasteiger partial charge in [-0.2, -0.15) is 0 Å². The number of benzene rings is 1. The fourth-order valence-electron chi connectivity index (χ4n) is 3.14. The lowest BCUT2D eigenvalue weighted by Crippen LogP contribution is -2.38. The van der Waals surface area contributed by atoms with Gasteiger partial charge in [0.25, 0.3) is 11.1 Å². The van der Waals surface area contributed by atoms with Crippen molar-refractivity contribution in [3.05, 3.63) is 55.7 Å². The zero-order chi connectivity index (χ0) is 22.0. The van der Waals surface area contributed by atoms with Crippen molar-refractivity contribution in [1.82, 2.24) is 15.4 Å². The molecule has 3 rings (SSSR count). The van der Waals surface area contributed by atoms with Crippen molar-refractivity contribution in [1.29, 1.82) is 0 Å². The molecule has 0 spiro atoms. The largest absolute Gasteiger partial charge is 0.361 e. The van der Waals surface area contributed by atoms with Crippen LogP contribution in [0.2, 0.25) is 10.0 Å². The topological polar surface area (TPSA) is 92.5 Å². The van der Waals surface area contributed by atoms with E-state index < -0.39 is 17.1 Å². The first-order valence-electron chi connectivity index (χ1n) is 9.10. The zero-order valence-electron chi connectivity index (χ0n) is 16.5. The number of carbonyl (C=O) groups is 3. The van der Waals surface area contributed by atoms with Crippen LogP contribution in [0.3, 0.4) is 0 Å². The Kier molecular flexibility index (Phi) is 6.90. The number of amides is 3. The molecule has 1 saturated heterocycles. The van der Waals surface area contributed by atoms with Crippen molar-refractivity contribution in [3.63, 3.8) is 0 Å². The molecular weight excluding hydrogens is 449 g/mol. The standard InChI is InChI=1S/C20H19Cl2N3O4S/c1-10(17-11(2)24-29-12(17)3)18(26)23-6-7-25-19(27)16(30-20(25)28)8-13-4-5-14(21)9-15(13)22/h4-5,8-10H,6-7H2,1-3H3,(H,23,26)/b16-8-. The predicted octanol–water partition coefficient (Wildman–Crippen LogP) is 4.55. The minimum atomic E-state index is -0.460. The van der Waals surface area contributed by atoms with Crippen molar-refractivity contribution >= 4 is 58.1 Å². The second kappa shape index (κ2) is 9.24. The van der Waals surface area contributed by atoms with E-state index in [1.54, 1.807) is 45.0 Å². The molecule has 1 aromatic heterocycles. The summed E-state index contributed by atoms with van der Waals surface area (Å²) in [6.07, 6.45) is 1.56. The summed E-state index contributed by atoms with van der Waals surface area (Å²) in [5, 5.41) is 7.08. The van der Waals surface area contributed by atoms with Gasteiger partial charge in [0.2, 0.25) is 5.91 Å². The molecule has 1 unspecified atom stereocenters. The van der Waals surface area contributed by atoms with Crippen molar-refractivity contribution in [2.24, 2.45) is 0 Å². The summed E-state index contributed by atoms with van der Waals surface area (Å²) in [6.45, 7) is 5.48. The summed E-state index contributed by atoms with van der Waals surface area (Å²) in [5.41, 5.74) is 1.99. The molecule has 158 valence electrons. The third kappa shape index (κ3) is 4.71. The van der Waals surface area contributed by atoms with E-state index in [2.05, 4.69) is 10.5 Å². The highest BCUT2D eigenvalue weighted by atomic mass is 35.5. The number of nitrogens with zero attached hydrogens (tertiary/aromatic N) is 2. The zero-order valence-corrected chi connectivity index (χ0v) is 18.8. The average molecular weight is 468 g/mol. The molecule has 0 saturated carbocycles. The molecule has 1 aliphatic heterocycles. The van der Waals surface area contributed by atoms with Gasteiger partial charge in [0.1, 0.15) is 5.76 Å². The van der Waals surface area contributed by atoms with E-state index in [0.29, 0.717) is 27.1 Å². The molecule has 0 bridgehead atoms. The van der Waals surface area contributed by atoms with Crippen LogP contribution >= 0.6 is 35.0 Å². The molecule has 1 atom stereocenters. The molecule has 1 aromatic carbocycles. The highest BCUT2D eigenvalue weighted by Crippen LogP contribution is 2.33. The van der Waals surface area contributed by atoms with E-state index in [0.717, 1.165) is 22.2 Å². The van der Waals surface area contributed by atoms with Crippen LogP contribution in [0.1, 0.15) is 35.4 Å². The Labute approximate surface area is 187 Å². The third-order valence-corrected chi connectivity index (χ3v) is 6.14. The minimum Gasteiger partial charge on any atom is -0.361 e. The smallest absolute Gasteiger partial charge is 0.293 e. The van der Waals surface area contributed by atoms with E-state index in [4.69, 9.17) is 27.7 Å². The molecule has 3 amide bonds. The molecular formula is C20H19Cl2N3O4S. The summed E-state index contributed by atoms with van der Waals surface area (Å²) in [7, 11) is 0. The lowest BCUT2D eigenvalue weighted by molar-refractivity contribution is -0.124. The fraction of sp³-hybridized carbons (Fsp3) is 0.300. The fourth-order valence-corrected chi connectivity index (χ4v) is 4.45. The van der Waals surface area contributed by atoms with Crippen molar-refractivity contribution in [2.75, 3.05) is 13.1 Å². The van der Waals surface area contributed by atoms with Crippen LogP contribution in [0.15, 0.2) is 27.6 Å². The van der Waals surface area contributed by atoms with Gasteiger partial charge in [-0.15, -0.1) is 0 Å². The van der Waals surface area contributed by atoms with E-state index in [-0.39, 0.29) is 23.9 Å². The van der Waals surface area contributed by atoms with Gasteiger partial charge in [0.15, 0.2) is 0 Å². The Bertz CT molecular complexity index is 1030. The van der Waals surface area contributed by atoms with Gasteiger partial charge in [-0.1, -0.05) is 34.4 Å². The van der Waals surface area contributed by atoms with Gasteiger partial charge < -0.3 is 9.84 Å². The average Bonchev–Trinajstić information content (AvgIpc) is 3.16. The third-order valence-electron chi connectivity index (χ3n) is 4.67. The lowest BCUT2D eigenvalue weighted by Gasteiger charge is -2.15. The van der Waals surface area contributed by atoms with Crippen LogP contribution in [0.25, 0.3) is 6.08 Å². The molecule has 1 N–H and O–H groups in total. The summed E-state index contributed by atoms with van der Waals surface area (Å²) in [4.78, 5) is 38.7. The predicted molar refractivity (Wildman–Crippen MR) is 117 cm³/mol.